The lowest BCUT2D eigenvalue weighted by Crippen LogP contribution is -2.36. The fourth-order valence-corrected chi connectivity index (χ4v) is 3.56. The van der Waals surface area contributed by atoms with Gasteiger partial charge < -0.3 is 15.5 Å². The Morgan fingerprint density at radius 1 is 1.33 bits per heavy atom. The summed E-state index contributed by atoms with van der Waals surface area (Å²) < 4.78 is 22.4. The third-order valence-corrected chi connectivity index (χ3v) is 4.67. The Morgan fingerprint density at radius 3 is 2.61 bits per heavy atom. The number of rotatable bonds is 7. The van der Waals surface area contributed by atoms with Crippen LogP contribution in [-0.4, -0.2) is 70.5 Å². The Bertz CT molecular complexity index is 368. The molecule has 1 heterocycles. The highest BCUT2D eigenvalue weighted by molar-refractivity contribution is 7.91. The van der Waals surface area contributed by atoms with Gasteiger partial charge in [-0.25, -0.2) is 8.42 Å². The predicted molar refractivity (Wildman–Crippen MR) is 71.2 cm³/mol. The molecular formula is C11H23N3O3S. The highest BCUT2D eigenvalue weighted by atomic mass is 32.2. The smallest absolute Gasteiger partial charge is 0.221 e. The van der Waals surface area contributed by atoms with E-state index in [4.69, 9.17) is 0 Å². The standard InChI is InChI=1S/C11H23N3O3S/c1-14(2)7-6-13-11(15)3-5-12-10-4-8-18(16,17)9-10/h10,12H,3-9H2,1-2H3,(H,13,15). The summed E-state index contributed by atoms with van der Waals surface area (Å²) in [5.74, 6) is 0.472. The molecule has 0 aromatic heterocycles. The molecule has 0 radical (unpaired) electrons. The highest BCUT2D eigenvalue weighted by Crippen LogP contribution is 2.10. The number of sulfone groups is 1. The molecule has 1 atom stereocenters. The van der Waals surface area contributed by atoms with Gasteiger partial charge in [0.25, 0.3) is 0 Å². The van der Waals surface area contributed by atoms with Crippen LogP contribution >= 0.6 is 0 Å². The first-order valence-electron chi connectivity index (χ1n) is 6.24. The van der Waals surface area contributed by atoms with E-state index >= 15 is 0 Å². The van der Waals surface area contributed by atoms with Crippen LogP contribution in [0.4, 0.5) is 0 Å². The molecule has 0 aromatic carbocycles. The minimum atomic E-state index is -2.84. The zero-order chi connectivity index (χ0) is 13.6. The molecular weight excluding hydrogens is 254 g/mol. The quantitative estimate of drug-likeness (QED) is 0.613. The molecule has 0 saturated carbocycles. The first-order valence-corrected chi connectivity index (χ1v) is 8.06. The van der Waals surface area contributed by atoms with Gasteiger partial charge in [-0.1, -0.05) is 0 Å². The van der Waals surface area contributed by atoms with Crippen molar-refractivity contribution in [3.05, 3.63) is 0 Å². The molecule has 106 valence electrons. The van der Waals surface area contributed by atoms with E-state index in [1.54, 1.807) is 0 Å². The van der Waals surface area contributed by atoms with E-state index in [-0.39, 0.29) is 23.5 Å². The summed E-state index contributed by atoms with van der Waals surface area (Å²) in [7, 11) is 1.07. The molecule has 1 aliphatic rings. The number of amides is 1. The summed E-state index contributed by atoms with van der Waals surface area (Å²) in [5.41, 5.74) is 0. The number of carbonyl (C=O) groups is 1. The number of likely N-dealkylation sites (N-methyl/N-ethyl adjacent to an activating group) is 1. The number of carbonyl (C=O) groups excluding carboxylic acids is 1. The number of hydrogen-bond acceptors (Lipinski definition) is 5. The maximum absolute atomic E-state index is 11.4. The molecule has 0 spiro atoms. The van der Waals surface area contributed by atoms with Crippen molar-refractivity contribution in [3.63, 3.8) is 0 Å². The fourth-order valence-electron chi connectivity index (χ4n) is 1.85. The Hall–Kier alpha value is -0.660. The largest absolute Gasteiger partial charge is 0.355 e. The molecule has 1 aliphatic heterocycles. The topological polar surface area (TPSA) is 78.5 Å². The van der Waals surface area contributed by atoms with Crippen molar-refractivity contribution in [1.29, 1.82) is 0 Å². The summed E-state index contributed by atoms with van der Waals surface area (Å²) in [5, 5.41) is 5.93. The fraction of sp³-hybridized carbons (Fsp3) is 0.909. The van der Waals surface area contributed by atoms with E-state index in [0.717, 1.165) is 6.54 Å². The van der Waals surface area contributed by atoms with Crippen LogP contribution in [0, 0.1) is 0 Å². The molecule has 1 unspecified atom stereocenters. The SMILES string of the molecule is CN(C)CCNC(=O)CCNC1CCS(=O)(=O)C1. The normalized spacial score (nSPS) is 22.3. The molecule has 6 nitrogen and oxygen atoms in total. The second-order valence-corrected chi connectivity index (χ2v) is 7.19. The van der Waals surface area contributed by atoms with Gasteiger partial charge in [-0.15, -0.1) is 0 Å². The molecule has 0 aromatic rings. The monoisotopic (exact) mass is 277 g/mol. The molecule has 2 N–H and O–H groups in total. The zero-order valence-electron chi connectivity index (χ0n) is 11.1. The second-order valence-electron chi connectivity index (χ2n) is 4.96. The molecule has 7 heteroatoms. The van der Waals surface area contributed by atoms with Crippen LogP contribution in [0.25, 0.3) is 0 Å². The Balaban J connectivity index is 2.06. The van der Waals surface area contributed by atoms with Crippen molar-refractivity contribution in [2.45, 2.75) is 18.9 Å². The van der Waals surface area contributed by atoms with Gasteiger partial charge in [0, 0.05) is 32.1 Å². The average molecular weight is 277 g/mol. The number of nitrogens with one attached hydrogen (secondary N) is 2. The van der Waals surface area contributed by atoms with Crippen LogP contribution in [0.15, 0.2) is 0 Å². The van der Waals surface area contributed by atoms with Crippen LogP contribution in [0.1, 0.15) is 12.8 Å². The maximum atomic E-state index is 11.4. The van der Waals surface area contributed by atoms with Gasteiger partial charge in [0.05, 0.1) is 11.5 Å². The Morgan fingerprint density at radius 2 is 2.06 bits per heavy atom. The first kappa shape index (κ1) is 15.4. The lowest BCUT2D eigenvalue weighted by atomic mass is 10.2. The van der Waals surface area contributed by atoms with Crippen molar-refractivity contribution in [1.82, 2.24) is 15.5 Å². The van der Waals surface area contributed by atoms with Crippen molar-refractivity contribution in [2.24, 2.45) is 0 Å². The molecule has 0 aliphatic carbocycles. The third-order valence-electron chi connectivity index (χ3n) is 2.90. The summed E-state index contributed by atoms with van der Waals surface area (Å²) in [6.07, 6.45) is 1.05. The van der Waals surface area contributed by atoms with E-state index < -0.39 is 9.84 Å². The van der Waals surface area contributed by atoms with Crippen molar-refractivity contribution in [2.75, 3.05) is 45.2 Å². The van der Waals surface area contributed by atoms with Gasteiger partial charge in [-0.2, -0.15) is 0 Å². The third kappa shape index (κ3) is 6.32. The predicted octanol–water partition coefficient (Wildman–Crippen LogP) is -1.17. The van der Waals surface area contributed by atoms with E-state index in [1.165, 1.54) is 0 Å². The van der Waals surface area contributed by atoms with Gasteiger partial charge in [-0.05, 0) is 20.5 Å². The highest BCUT2D eigenvalue weighted by Gasteiger charge is 2.27. The Kier molecular flexibility index (Phi) is 6.04. The maximum Gasteiger partial charge on any atom is 0.221 e. The van der Waals surface area contributed by atoms with Crippen LogP contribution in [-0.2, 0) is 14.6 Å². The van der Waals surface area contributed by atoms with Gasteiger partial charge >= 0.3 is 0 Å². The van der Waals surface area contributed by atoms with E-state index in [9.17, 15) is 13.2 Å². The lowest BCUT2D eigenvalue weighted by molar-refractivity contribution is -0.121. The summed E-state index contributed by atoms with van der Waals surface area (Å²) in [6, 6.07) is 0.0181. The van der Waals surface area contributed by atoms with Crippen LogP contribution < -0.4 is 10.6 Å². The van der Waals surface area contributed by atoms with Crippen molar-refractivity contribution >= 4 is 15.7 Å². The van der Waals surface area contributed by atoms with Crippen LogP contribution in [0.5, 0.6) is 0 Å². The molecule has 1 rings (SSSR count). The number of hydrogen-bond donors (Lipinski definition) is 2. The van der Waals surface area contributed by atoms with E-state index in [1.807, 2.05) is 19.0 Å². The van der Waals surface area contributed by atoms with Crippen LogP contribution in [0.3, 0.4) is 0 Å². The lowest BCUT2D eigenvalue weighted by Gasteiger charge is -2.12. The molecule has 1 amide bonds. The first-order chi connectivity index (χ1) is 8.39. The molecule has 1 fully saturated rings. The second kappa shape index (κ2) is 7.06. The van der Waals surface area contributed by atoms with Gasteiger partial charge in [0.2, 0.25) is 5.91 Å². The van der Waals surface area contributed by atoms with Gasteiger partial charge in [0.1, 0.15) is 0 Å². The Labute approximate surface area is 109 Å². The van der Waals surface area contributed by atoms with Gasteiger partial charge in [-0.3, -0.25) is 4.79 Å². The van der Waals surface area contributed by atoms with Crippen LogP contribution in [0.2, 0.25) is 0 Å². The molecule has 18 heavy (non-hydrogen) atoms. The zero-order valence-corrected chi connectivity index (χ0v) is 11.9. The summed E-state index contributed by atoms with van der Waals surface area (Å²) >= 11 is 0. The molecule has 1 saturated heterocycles. The van der Waals surface area contributed by atoms with E-state index in [0.29, 0.717) is 25.9 Å². The molecule has 0 bridgehead atoms. The minimum absolute atomic E-state index is 0.00482. The van der Waals surface area contributed by atoms with Crippen molar-refractivity contribution < 1.29 is 13.2 Å². The van der Waals surface area contributed by atoms with Crippen molar-refractivity contribution in [3.8, 4) is 0 Å². The summed E-state index contributed by atoms with van der Waals surface area (Å²) in [6.45, 7) is 2.00. The van der Waals surface area contributed by atoms with E-state index in [2.05, 4.69) is 10.6 Å². The van der Waals surface area contributed by atoms with Gasteiger partial charge in [0.15, 0.2) is 9.84 Å². The average Bonchev–Trinajstić information content (AvgIpc) is 2.57. The minimum Gasteiger partial charge on any atom is -0.355 e. The summed E-state index contributed by atoms with van der Waals surface area (Å²) in [4.78, 5) is 13.4. The number of nitrogens with zero attached hydrogens (tertiary/aromatic N) is 1.